The lowest BCUT2D eigenvalue weighted by Gasteiger charge is -2.32. The summed E-state index contributed by atoms with van der Waals surface area (Å²) in [6.45, 7) is 13.5. The van der Waals surface area contributed by atoms with Crippen LogP contribution in [-0.2, 0) is 30.3 Å². The number of carboxylic acid groups (broad SMARTS) is 2. The number of nitrogens with zero attached hydrogens (tertiary/aromatic N) is 5. The van der Waals surface area contributed by atoms with Crippen LogP contribution in [0, 0.1) is 0 Å². The van der Waals surface area contributed by atoms with Gasteiger partial charge in [-0.05, 0) is 64.7 Å². The Labute approximate surface area is 390 Å². The minimum Gasteiger partial charge on any atom is -0.477 e. The van der Waals surface area contributed by atoms with E-state index >= 15 is 0 Å². The van der Waals surface area contributed by atoms with Gasteiger partial charge in [-0.1, -0.05) is 79.9 Å². The van der Waals surface area contributed by atoms with Crippen LogP contribution in [0.4, 0.5) is 5.69 Å². The highest BCUT2D eigenvalue weighted by Crippen LogP contribution is 2.30. The van der Waals surface area contributed by atoms with E-state index in [0.717, 1.165) is 28.0 Å². The van der Waals surface area contributed by atoms with E-state index in [2.05, 4.69) is 38.2 Å². The van der Waals surface area contributed by atoms with Gasteiger partial charge >= 0.3 is 11.9 Å². The maximum atomic E-state index is 13.7. The monoisotopic (exact) mass is 914 g/mol. The van der Waals surface area contributed by atoms with Crippen molar-refractivity contribution in [1.82, 2.24) is 25.1 Å². The van der Waals surface area contributed by atoms with Gasteiger partial charge in [0.05, 0.1) is 82.5 Å². The molecule has 1 atom stereocenters. The summed E-state index contributed by atoms with van der Waals surface area (Å²) in [4.78, 5) is 65.4. The molecule has 2 aromatic carbocycles. The lowest BCUT2D eigenvalue weighted by Crippen LogP contribution is -2.37. The fourth-order valence-corrected chi connectivity index (χ4v) is 7.69. The van der Waals surface area contributed by atoms with Gasteiger partial charge < -0.3 is 39.4 Å². The van der Waals surface area contributed by atoms with Crippen molar-refractivity contribution in [3.05, 3.63) is 167 Å². The number of nitrogens with one attached hydrogen (secondary N) is 1. The van der Waals surface area contributed by atoms with E-state index in [4.69, 9.17) is 18.9 Å². The quantitative estimate of drug-likeness (QED) is 0.148. The Morgan fingerprint density at radius 1 is 0.687 bits per heavy atom. The summed E-state index contributed by atoms with van der Waals surface area (Å²) in [6, 6.07) is 24.0. The first-order chi connectivity index (χ1) is 32.6. The van der Waals surface area contributed by atoms with Crippen molar-refractivity contribution in [3.63, 3.8) is 0 Å². The highest BCUT2D eigenvalue weighted by Gasteiger charge is 2.26. The van der Waals surface area contributed by atoms with E-state index in [0.29, 0.717) is 109 Å². The Kier molecular flexibility index (Phi) is 19.2. The number of hydrogen-bond acceptors (Lipinski definition) is 12. The van der Waals surface area contributed by atoms with Gasteiger partial charge in [0.15, 0.2) is 0 Å². The third kappa shape index (κ3) is 14.7. The predicted octanol–water partition coefficient (Wildman–Crippen LogP) is 5.70. The predicted molar refractivity (Wildman–Crippen MR) is 253 cm³/mol. The van der Waals surface area contributed by atoms with E-state index in [1.54, 1.807) is 53.5 Å². The number of pyridine rings is 2. The SMILES string of the molecule is C=CC1=C(\C=C)CN(C(=O)CCNC(=O)c2ccc(C(c3cccc(C(=O)O)n3)N3CCOCCOCCN(Cc4cccc(C(=O)O)n4)CCOCCOCC3)cc2)c2ccccc2/C=C\1. The summed E-state index contributed by atoms with van der Waals surface area (Å²) >= 11 is 0. The smallest absolute Gasteiger partial charge is 0.354 e. The van der Waals surface area contributed by atoms with Crippen LogP contribution in [0.2, 0.25) is 0 Å². The molecule has 0 spiro atoms. The molecule has 1 saturated heterocycles. The number of anilines is 1. The molecule has 0 aliphatic carbocycles. The van der Waals surface area contributed by atoms with Gasteiger partial charge in [-0.2, -0.15) is 0 Å². The van der Waals surface area contributed by atoms with Crippen LogP contribution in [0.3, 0.4) is 0 Å². The molecule has 0 saturated carbocycles. The average Bonchev–Trinajstić information content (AvgIpc) is 3.33. The Morgan fingerprint density at radius 2 is 1.30 bits per heavy atom. The zero-order valence-electron chi connectivity index (χ0n) is 37.6. The maximum absolute atomic E-state index is 13.7. The number of allylic oxidation sites excluding steroid dienone is 3. The first kappa shape index (κ1) is 49.8. The first-order valence-electron chi connectivity index (χ1n) is 22.3. The Balaban J connectivity index is 1.10. The number of fused-ring (bicyclic) bond motifs is 1. The normalized spacial score (nSPS) is 18.4. The lowest BCUT2D eigenvalue weighted by molar-refractivity contribution is -0.118. The molecule has 1 fully saturated rings. The number of benzene rings is 2. The molecule has 1 unspecified atom stereocenters. The number of carbonyl (C=O) groups is 4. The number of para-hydroxylation sites is 1. The molecule has 2 aliphatic heterocycles. The molecular formula is C51H58N6O10. The summed E-state index contributed by atoms with van der Waals surface area (Å²) in [5.74, 6) is -2.75. The zero-order chi connectivity index (χ0) is 47.4. The third-order valence-electron chi connectivity index (χ3n) is 11.2. The topological polar surface area (TPSA) is 193 Å². The largest absolute Gasteiger partial charge is 0.477 e. The number of aromatic carboxylic acids is 2. The highest BCUT2D eigenvalue weighted by molar-refractivity contribution is 5.98. The van der Waals surface area contributed by atoms with Crippen molar-refractivity contribution in [3.8, 4) is 0 Å². The average molecular weight is 915 g/mol. The standard InChI is InChI=1S/C51H58N6O10/c1-3-37-15-16-39-9-5-6-14-46(39)57(35-38(37)4-2)47(58)21-22-52-49(59)41-19-17-40(18-20-41)48(43-11-8-13-45(54-43)51(62)63)56-25-29-66-33-31-64-27-23-55(24-28-65-32-34-67-30-26-56)36-42-10-7-12-44(53-42)50(60)61/h3-20,48H,1-2,21-36H2,(H,52,59)(H,60,61)(H,62,63)/b16-15-,38-37-. The van der Waals surface area contributed by atoms with E-state index < -0.39 is 18.0 Å². The second-order valence-corrected chi connectivity index (χ2v) is 15.6. The Bertz CT molecular complexity index is 2380. The second-order valence-electron chi connectivity index (χ2n) is 15.6. The van der Waals surface area contributed by atoms with Crippen molar-refractivity contribution in [2.24, 2.45) is 0 Å². The molecule has 3 N–H and O–H groups in total. The minimum atomic E-state index is -1.16. The third-order valence-corrected chi connectivity index (χ3v) is 11.2. The van der Waals surface area contributed by atoms with Gasteiger partial charge in [-0.25, -0.2) is 19.6 Å². The van der Waals surface area contributed by atoms with Crippen LogP contribution >= 0.6 is 0 Å². The molecule has 4 heterocycles. The number of aromatic nitrogens is 2. The molecule has 2 aromatic heterocycles. The van der Waals surface area contributed by atoms with Gasteiger partial charge in [0, 0.05) is 51.3 Å². The Morgan fingerprint density at radius 3 is 1.93 bits per heavy atom. The highest BCUT2D eigenvalue weighted by atomic mass is 16.5. The number of amides is 2. The molecule has 67 heavy (non-hydrogen) atoms. The van der Waals surface area contributed by atoms with Gasteiger partial charge in [0.2, 0.25) is 5.91 Å². The minimum absolute atomic E-state index is 0.00969. The van der Waals surface area contributed by atoms with E-state index in [9.17, 15) is 29.4 Å². The fraction of sp³-hybridized carbons (Fsp3) is 0.333. The molecule has 6 rings (SSSR count). The van der Waals surface area contributed by atoms with Crippen LogP contribution in [0.1, 0.15) is 66.3 Å². The summed E-state index contributed by atoms with van der Waals surface area (Å²) in [7, 11) is 0. The number of rotatable bonds is 13. The summed E-state index contributed by atoms with van der Waals surface area (Å²) in [5.41, 5.74) is 5.54. The van der Waals surface area contributed by atoms with Crippen LogP contribution in [0.15, 0.2) is 127 Å². The number of carboxylic acids is 2. The van der Waals surface area contributed by atoms with Crippen LogP contribution < -0.4 is 10.2 Å². The van der Waals surface area contributed by atoms with Gasteiger partial charge in [0.25, 0.3) is 5.91 Å². The van der Waals surface area contributed by atoms with E-state index in [1.165, 1.54) is 12.1 Å². The van der Waals surface area contributed by atoms with Crippen molar-refractivity contribution in [2.75, 3.05) is 97.0 Å². The first-order valence-corrected chi connectivity index (χ1v) is 22.3. The van der Waals surface area contributed by atoms with Gasteiger partial charge in [-0.3, -0.25) is 19.4 Å². The Hall–Kier alpha value is -6.66. The van der Waals surface area contributed by atoms with Crippen LogP contribution in [-0.4, -0.2) is 146 Å². The zero-order valence-corrected chi connectivity index (χ0v) is 37.6. The van der Waals surface area contributed by atoms with Crippen molar-refractivity contribution in [1.29, 1.82) is 0 Å². The lowest BCUT2D eigenvalue weighted by atomic mass is 9.99. The van der Waals surface area contributed by atoms with Crippen molar-refractivity contribution < 1.29 is 48.3 Å². The van der Waals surface area contributed by atoms with E-state index in [-0.39, 0.29) is 36.2 Å². The summed E-state index contributed by atoms with van der Waals surface area (Å²) in [6.07, 6.45) is 7.44. The molecule has 352 valence electrons. The molecule has 0 bridgehead atoms. The van der Waals surface area contributed by atoms with E-state index in [1.807, 2.05) is 48.6 Å². The summed E-state index contributed by atoms with van der Waals surface area (Å²) < 4.78 is 23.9. The number of hydrogen-bond donors (Lipinski definition) is 3. The molecule has 2 aliphatic rings. The molecule has 4 aromatic rings. The van der Waals surface area contributed by atoms with Gasteiger partial charge in [-0.15, -0.1) is 0 Å². The molecule has 16 nitrogen and oxygen atoms in total. The fourth-order valence-electron chi connectivity index (χ4n) is 7.69. The molecule has 16 heteroatoms. The maximum Gasteiger partial charge on any atom is 0.354 e. The molecule has 0 radical (unpaired) electrons. The molecular weight excluding hydrogens is 857 g/mol. The van der Waals surface area contributed by atoms with Gasteiger partial charge in [0.1, 0.15) is 11.4 Å². The number of ether oxygens (including phenoxy) is 4. The summed E-state index contributed by atoms with van der Waals surface area (Å²) in [5, 5.41) is 22.1. The van der Waals surface area contributed by atoms with Crippen LogP contribution in [0.5, 0.6) is 0 Å². The van der Waals surface area contributed by atoms with Crippen molar-refractivity contribution >= 4 is 35.5 Å². The molecule has 2 amide bonds. The van der Waals surface area contributed by atoms with Crippen molar-refractivity contribution in [2.45, 2.75) is 19.0 Å². The second kappa shape index (κ2) is 25.9. The number of carbonyl (C=O) groups excluding carboxylic acids is 2. The van der Waals surface area contributed by atoms with Crippen LogP contribution in [0.25, 0.3) is 6.08 Å².